The van der Waals surface area contributed by atoms with Crippen LogP contribution in [0.25, 0.3) is 0 Å². The summed E-state index contributed by atoms with van der Waals surface area (Å²) in [5, 5.41) is 11.5. The maximum absolute atomic E-state index is 12.2. The molecule has 2 rings (SSSR count). The molecule has 2 aromatic rings. The number of nitrogens with one attached hydrogen (secondary N) is 1. The number of aryl methyl sites for hydroxylation is 2. The zero-order valence-corrected chi connectivity index (χ0v) is 15.6. The van der Waals surface area contributed by atoms with Crippen LogP contribution in [0.15, 0.2) is 48.5 Å². The summed E-state index contributed by atoms with van der Waals surface area (Å²) < 4.78 is 0. The fraction of sp³-hybridized carbons (Fsp3) is 0.286. The van der Waals surface area contributed by atoms with Crippen molar-refractivity contribution in [2.45, 2.75) is 26.3 Å². The van der Waals surface area contributed by atoms with Crippen molar-refractivity contribution in [1.82, 2.24) is 10.2 Å². The summed E-state index contributed by atoms with van der Waals surface area (Å²) in [5.74, 6) is -1.36. The van der Waals surface area contributed by atoms with Gasteiger partial charge in [-0.3, -0.25) is 9.59 Å². The average Bonchev–Trinajstić information content (AvgIpc) is 2.66. The second-order valence-corrected chi connectivity index (χ2v) is 6.51. The van der Waals surface area contributed by atoms with Crippen LogP contribution < -0.4 is 5.32 Å². The minimum atomic E-state index is -0.987. The number of rotatable bonds is 8. The molecular formula is C21H24N2O4. The Morgan fingerprint density at radius 1 is 0.963 bits per heavy atom. The van der Waals surface area contributed by atoms with Crippen LogP contribution in [0.3, 0.4) is 0 Å². The maximum atomic E-state index is 12.2. The molecule has 142 valence electrons. The molecule has 2 amide bonds. The van der Waals surface area contributed by atoms with E-state index in [0.29, 0.717) is 19.4 Å². The van der Waals surface area contributed by atoms with Gasteiger partial charge < -0.3 is 15.3 Å². The predicted molar refractivity (Wildman–Crippen MR) is 102 cm³/mol. The van der Waals surface area contributed by atoms with E-state index >= 15 is 0 Å². The third kappa shape index (κ3) is 6.58. The number of carbonyl (C=O) groups is 3. The molecule has 2 aromatic carbocycles. The topological polar surface area (TPSA) is 86.7 Å². The third-order valence-corrected chi connectivity index (χ3v) is 4.24. The SMILES string of the molecule is Cc1ccc(CCC(=O)NCC(=O)N(C)Cc2ccc(C(=O)O)cc2)cc1. The number of carboxylic acids is 1. The Balaban J connectivity index is 1.74. The number of hydrogen-bond donors (Lipinski definition) is 2. The number of amides is 2. The second kappa shape index (κ2) is 9.52. The van der Waals surface area contributed by atoms with Crippen molar-refractivity contribution in [3.05, 3.63) is 70.8 Å². The summed E-state index contributed by atoms with van der Waals surface area (Å²) in [6.07, 6.45) is 0.961. The summed E-state index contributed by atoms with van der Waals surface area (Å²) in [4.78, 5) is 36.4. The van der Waals surface area contributed by atoms with Crippen LogP contribution >= 0.6 is 0 Å². The molecule has 0 spiro atoms. The highest BCUT2D eigenvalue weighted by molar-refractivity contribution is 5.87. The molecule has 0 aliphatic heterocycles. The molecule has 0 unspecified atom stereocenters. The summed E-state index contributed by atoms with van der Waals surface area (Å²) in [5.41, 5.74) is 3.29. The molecule has 0 aliphatic rings. The molecule has 0 heterocycles. The summed E-state index contributed by atoms with van der Waals surface area (Å²) >= 11 is 0. The van der Waals surface area contributed by atoms with Crippen molar-refractivity contribution in [1.29, 1.82) is 0 Å². The first-order valence-electron chi connectivity index (χ1n) is 8.73. The molecule has 0 radical (unpaired) electrons. The van der Waals surface area contributed by atoms with Gasteiger partial charge in [0.15, 0.2) is 0 Å². The van der Waals surface area contributed by atoms with Crippen molar-refractivity contribution < 1.29 is 19.5 Å². The monoisotopic (exact) mass is 368 g/mol. The molecule has 0 saturated heterocycles. The minimum Gasteiger partial charge on any atom is -0.478 e. The highest BCUT2D eigenvalue weighted by Crippen LogP contribution is 2.08. The van der Waals surface area contributed by atoms with Gasteiger partial charge >= 0.3 is 5.97 Å². The third-order valence-electron chi connectivity index (χ3n) is 4.24. The number of benzene rings is 2. The van der Waals surface area contributed by atoms with Crippen molar-refractivity contribution in [3.8, 4) is 0 Å². The van der Waals surface area contributed by atoms with Crippen LogP contribution in [0.4, 0.5) is 0 Å². The molecule has 0 aromatic heterocycles. The molecule has 6 heteroatoms. The van der Waals surface area contributed by atoms with Gasteiger partial charge in [-0.2, -0.15) is 0 Å². The Labute approximate surface area is 158 Å². The lowest BCUT2D eigenvalue weighted by molar-refractivity contribution is -0.132. The van der Waals surface area contributed by atoms with Crippen LogP contribution in [-0.4, -0.2) is 41.4 Å². The van der Waals surface area contributed by atoms with E-state index in [-0.39, 0.29) is 23.9 Å². The van der Waals surface area contributed by atoms with Crippen LogP contribution in [0.2, 0.25) is 0 Å². The fourth-order valence-corrected chi connectivity index (χ4v) is 2.52. The molecule has 0 aliphatic carbocycles. The number of hydrogen-bond acceptors (Lipinski definition) is 3. The van der Waals surface area contributed by atoms with Crippen molar-refractivity contribution in [2.24, 2.45) is 0 Å². The fourth-order valence-electron chi connectivity index (χ4n) is 2.52. The maximum Gasteiger partial charge on any atom is 0.335 e. The van der Waals surface area contributed by atoms with Gasteiger partial charge in [0.2, 0.25) is 11.8 Å². The molecule has 0 atom stereocenters. The molecule has 27 heavy (non-hydrogen) atoms. The summed E-state index contributed by atoms with van der Waals surface area (Å²) in [6.45, 7) is 2.30. The van der Waals surface area contributed by atoms with E-state index in [9.17, 15) is 14.4 Å². The van der Waals surface area contributed by atoms with Crippen molar-refractivity contribution in [3.63, 3.8) is 0 Å². The first kappa shape index (κ1) is 20.2. The van der Waals surface area contributed by atoms with E-state index in [1.165, 1.54) is 22.6 Å². The smallest absolute Gasteiger partial charge is 0.335 e. The normalized spacial score (nSPS) is 10.3. The van der Waals surface area contributed by atoms with Crippen LogP contribution in [0.1, 0.15) is 33.5 Å². The van der Waals surface area contributed by atoms with E-state index in [0.717, 1.165) is 11.1 Å². The molecule has 0 saturated carbocycles. The van der Waals surface area contributed by atoms with Crippen LogP contribution in [-0.2, 0) is 22.6 Å². The first-order chi connectivity index (χ1) is 12.8. The molecule has 0 bridgehead atoms. The molecule has 2 N–H and O–H groups in total. The van der Waals surface area contributed by atoms with Gasteiger partial charge in [0.05, 0.1) is 12.1 Å². The number of carbonyl (C=O) groups excluding carboxylic acids is 2. The number of nitrogens with zero attached hydrogens (tertiary/aromatic N) is 1. The number of carboxylic acid groups (broad SMARTS) is 1. The Bertz CT molecular complexity index is 798. The number of aromatic carboxylic acids is 1. The van der Waals surface area contributed by atoms with E-state index in [1.807, 2.05) is 31.2 Å². The standard InChI is InChI=1S/C21H24N2O4/c1-15-3-5-16(6-4-15)9-12-19(24)22-13-20(25)23(2)14-17-7-10-18(11-8-17)21(26)27/h3-8,10-11H,9,12-14H2,1-2H3,(H,22,24)(H,26,27). The summed E-state index contributed by atoms with van der Waals surface area (Å²) in [7, 11) is 1.64. The van der Waals surface area contributed by atoms with Gasteiger partial charge in [-0.25, -0.2) is 4.79 Å². The van der Waals surface area contributed by atoms with Crippen LogP contribution in [0.5, 0.6) is 0 Å². The average molecular weight is 368 g/mol. The predicted octanol–water partition coefficient (Wildman–Crippen LogP) is 2.40. The van der Waals surface area contributed by atoms with Gasteiger partial charge in [-0.15, -0.1) is 0 Å². The van der Waals surface area contributed by atoms with Gasteiger partial charge in [0.1, 0.15) is 0 Å². The molecule has 6 nitrogen and oxygen atoms in total. The quantitative estimate of drug-likeness (QED) is 0.749. The van der Waals surface area contributed by atoms with Gasteiger partial charge in [0, 0.05) is 20.0 Å². The molecule has 0 fully saturated rings. The minimum absolute atomic E-state index is 0.0591. The highest BCUT2D eigenvalue weighted by atomic mass is 16.4. The largest absolute Gasteiger partial charge is 0.478 e. The van der Waals surface area contributed by atoms with Crippen molar-refractivity contribution >= 4 is 17.8 Å². The Kier molecular flexibility index (Phi) is 7.11. The van der Waals surface area contributed by atoms with E-state index in [4.69, 9.17) is 5.11 Å². The zero-order chi connectivity index (χ0) is 19.8. The van der Waals surface area contributed by atoms with Gasteiger partial charge in [-0.05, 0) is 36.6 Å². The summed E-state index contributed by atoms with van der Waals surface area (Å²) in [6, 6.07) is 14.4. The van der Waals surface area contributed by atoms with E-state index in [2.05, 4.69) is 5.32 Å². The van der Waals surface area contributed by atoms with Gasteiger partial charge in [0.25, 0.3) is 0 Å². The van der Waals surface area contributed by atoms with E-state index < -0.39 is 5.97 Å². The zero-order valence-electron chi connectivity index (χ0n) is 15.6. The Hall–Kier alpha value is -3.15. The lowest BCUT2D eigenvalue weighted by Crippen LogP contribution is -2.37. The van der Waals surface area contributed by atoms with Crippen LogP contribution in [0, 0.1) is 6.92 Å². The lowest BCUT2D eigenvalue weighted by atomic mass is 10.1. The molecular weight excluding hydrogens is 344 g/mol. The van der Waals surface area contributed by atoms with Gasteiger partial charge in [-0.1, -0.05) is 42.0 Å². The highest BCUT2D eigenvalue weighted by Gasteiger charge is 2.11. The first-order valence-corrected chi connectivity index (χ1v) is 8.73. The van der Waals surface area contributed by atoms with E-state index in [1.54, 1.807) is 19.2 Å². The Morgan fingerprint density at radius 2 is 1.56 bits per heavy atom. The number of likely N-dealkylation sites (N-methyl/N-ethyl adjacent to an activating group) is 1. The lowest BCUT2D eigenvalue weighted by Gasteiger charge is -2.17. The van der Waals surface area contributed by atoms with Crippen molar-refractivity contribution in [2.75, 3.05) is 13.6 Å². The second-order valence-electron chi connectivity index (χ2n) is 6.51. The Morgan fingerprint density at radius 3 is 2.15 bits per heavy atom.